The number of nitrogens with one attached hydrogen (secondary N) is 1. The van der Waals surface area contributed by atoms with Crippen molar-refractivity contribution in [1.82, 2.24) is 10.2 Å². The fourth-order valence-electron chi connectivity index (χ4n) is 4.16. The minimum Gasteiger partial charge on any atom is -0.497 e. The number of carbonyl (C=O) groups excluding carboxylic acids is 2. The lowest BCUT2D eigenvalue weighted by atomic mass is 10.0. The number of carbonyl (C=O) groups is 2. The molecule has 0 aromatic heterocycles. The Morgan fingerprint density at radius 1 is 0.923 bits per heavy atom. The molecule has 0 saturated carbocycles. The van der Waals surface area contributed by atoms with Crippen LogP contribution in [-0.2, 0) is 22.6 Å². The minimum atomic E-state index is -0.722. The van der Waals surface area contributed by atoms with Crippen molar-refractivity contribution in [2.24, 2.45) is 5.92 Å². The normalized spacial score (nSPS) is 11.8. The highest BCUT2D eigenvalue weighted by molar-refractivity contribution is 9.10. The second-order valence-electron chi connectivity index (χ2n) is 10.4. The van der Waals surface area contributed by atoms with E-state index in [1.165, 1.54) is 5.56 Å². The summed E-state index contributed by atoms with van der Waals surface area (Å²) in [6.45, 7) is 8.89. The maximum atomic E-state index is 13.8. The Labute approximate surface area is 240 Å². The van der Waals surface area contributed by atoms with Crippen molar-refractivity contribution in [3.05, 3.63) is 94.0 Å². The molecule has 0 saturated heterocycles. The molecule has 0 aliphatic rings. The molecule has 0 heterocycles. The van der Waals surface area contributed by atoms with E-state index in [0.29, 0.717) is 30.4 Å². The van der Waals surface area contributed by atoms with Crippen molar-refractivity contribution in [2.75, 3.05) is 20.3 Å². The Kier molecular flexibility index (Phi) is 11.4. The lowest BCUT2D eigenvalue weighted by Crippen LogP contribution is -2.52. The third-order valence-corrected chi connectivity index (χ3v) is 7.04. The van der Waals surface area contributed by atoms with Crippen LogP contribution in [0.25, 0.3) is 0 Å². The van der Waals surface area contributed by atoms with E-state index < -0.39 is 6.04 Å². The highest BCUT2D eigenvalue weighted by atomic mass is 79.9. The molecule has 1 N–H and O–H groups in total. The largest absolute Gasteiger partial charge is 0.497 e. The van der Waals surface area contributed by atoms with Gasteiger partial charge in [0, 0.05) is 19.5 Å². The van der Waals surface area contributed by atoms with Crippen molar-refractivity contribution in [1.29, 1.82) is 0 Å². The second-order valence-corrected chi connectivity index (χ2v) is 11.2. The van der Waals surface area contributed by atoms with Gasteiger partial charge in [0.05, 0.1) is 11.6 Å². The van der Waals surface area contributed by atoms with Gasteiger partial charge in [-0.25, -0.2) is 0 Å². The van der Waals surface area contributed by atoms with Crippen LogP contribution in [0.5, 0.6) is 11.5 Å². The zero-order chi connectivity index (χ0) is 28.4. The highest BCUT2D eigenvalue weighted by Crippen LogP contribution is 2.29. The monoisotopic (exact) mass is 594 g/mol. The topological polar surface area (TPSA) is 67.9 Å². The SMILES string of the molecule is COc1cccc(CN(C(=O)COc2ccc(C(C)C)cc2Br)[C@@H](Cc2ccccc2)C(=O)NCC(C)C)c1. The third kappa shape index (κ3) is 9.13. The molecule has 3 aromatic rings. The number of halogens is 1. The van der Waals surface area contributed by atoms with E-state index in [-0.39, 0.29) is 30.9 Å². The van der Waals surface area contributed by atoms with Crippen LogP contribution >= 0.6 is 15.9 Å². The molecule has 7 heteroatoms. The van der Waals surface area contributed by atoms with Gasteiger partial charge in [-0.1, -0.05) is 76.2 Å². The van der Waals surface area contributed by atoms with Crippen molar-refractivity contribution in [3.63, 3.8) is 0 Å². The first-order valence-corrected chi connectivity index (χ1v) is 14.1. The van der Waals surface area contributed by atoms with Gasteiger partial charge >= 0.3 is 0 Å². The molecule has 0 unspecified atom stereocenters. The lowest BCUT2D eigenvalue weighted by molar-refractivity contribution is -0.142. The number of hydrogen-bond donors (Lipinski definition) is 1. The molecule has 208 valence electrons. The summed E-state index contributed by atoms with van der Waals surface area (Å²) < 4.78 is 12.2. The molecule has 39 heavy (non-hydrogen) atoms. The summed E-state index contributed by atoms with van der Waals surface area (Å²) in [4.78, 5) is 29.0. The van der Waals surface area contributed by atoms with Gasteiger partial charge in [0.25, 0.3) is 5.91 Å². The summed E-state index contributed by atoms with van der Waals surface area (Å²) in [5, 5.41) is 3.04. The molecule has 0 aliphatic carbocycles. The lowest BCUT2D eigenvalue weighted by Gasteiger charge is -2.32. The molecule has 0 fully saturated rings. The zero-order valence-corrected chi connectivity index (χ0v) is 25.0. The average Bonchev–Trinajstić information content (AvgIpc) is 2.93. The summed E-state index contributed by atoms with van der Waals surface area (Å²) in [5.74, 6) is 1.46. The second kappa shape index (κ2) is 14.7. The van der Waals surface area contributed by atoms with Crippen LogP contribution in [0.4, 0.5) is 0 Å². The maximum Gasteiger partial charge on any atom is 0.261 e. The standard InChI is InChI=1S/C32H39BrN2O4/c1-22(2)19-34-32(37)29(17-24-10-7-6-8-11-24)35(20-25-12-9-13-27(16-25)38-5)31(36)21-39-30-15-14-26(23(3)4)18-28(30)33/h6-16,18,22-23,29H,17,19-21H2,1-5H3,(H,34,37)/t29-/m0/s1. The summed E-state index contributed by atoms with van der Waals surface area (Å²) >= 11 is 3.57. The van der Waals surface area contributed by atoms with Crippen LogP contribution in [0, 0.1) is 5.92 Å². The molecular formula is C32H39BrN2O4. The molecule has 0 spiro atoms. The van der Waals surface area contributed by atoms with Crippen LogP contribution in [0.3, 0.4) is 0 Å². The molecule has 0 radical (unpaired) electrons. The Morgan fingerprint density at radius 2 is 1.64 bits per heavy atom. The number of methoxy groups -OCH3 is 1. The number of ether oxygens (including phenoxy) is 2. The first kappa shape index (κ1) is 30.2. The summed E-state index contributed by atoms with van der Waals surface area (Å²) in [6.07, 6.45) is 0.382. The van der Waals surface area contributed by atoms with Gasteiger partial charge in [-0.15, -0.1) is 0 Å². The van der Waals surface area contributed by atoms with E-state index in [2.05, 4.69) is 35.1 Å². The van der Waals surface area contributed by atoms with E-state index in [0.717, 1.165) is 15.6 Å². The van der Waals surface area contributed by atoms with Crippen LogP contribution < -0.4 is 14.8 Å². The molecule has 0 bridgehead atoms. The van der Waals surface area contributed by atoms with Crippen molar-refractivity contribution in [2.45, 2.75) is 52.6 Å². The molecule has 0 aliphatic heterocycles. The van der Waals surface area contributed by atoms with Crippen molar-refractivity contribution >= 4 is 27.7 Å². The molecule has 6 nitrogen and oxygen atoms in total. The van der Waals surface area contributed by atoms with Crippen LogP contribution in [-0.4, -0.2) is 43.0 Å². The Balaban J connectivity index is 1.92. The summed E-state index contributed by atoms with van der Waals surface area (Å²) in [5.41, 5.74) is 3.00. The molecule has 2 amide bonds. The number of nitrogens with zero attached hydrogens (tertiary/aromatic N) is 1. The molecular weight excluding hydrogens is 556 g/mol. The molecule has 1 atom stereocenters. The van der Waals surface area contributed by atoms with E-state index in [1.807, 2.05) is 86.6 Å². The number of rotatable bonds is 13. The molecule has 3 aromatic carbocycles. The van der Waals surface area contributed by atoms with E-state index >= 15 is 0 Å². The van der Waals surface area contributed by atoms with Gasteiger partial charge in [-0.2, -0.15) is 0 Å². The first-order chi connectivity index (χ1) is 18.7. The highest BCUT2D eigenvalue weighted by Gasteiger charge is 2.31. The van der Waals surface area contributed by atoms with E-state index in [4.69, 9.17) is 9.47 Å². The van der Waals surface area contributed by atoms with E-state index in [9.17, 15) is 9.59 Å². The van der Waals surface area contributed by atoms with Gasteiger partial charge in [0.15, 0.2) is 6.61 Å². The minimum absolute atomic E-state index is 0.189. The quantitative estimate of drug-likeness (QED) is 0.249. The van der Waals surface area contributed by atoms with Crippen molar-refractivity contribution in [3.8, 4) is 11.5 Å². The molecule has 3 rings (SSSR count). The zero-order valence-electron chi connectivity index (χ0n) is 23.4. The number of amides is 2. The first-order valence-electron chi connectivity index (χ1n) is 13.3. The third-order valence-electron chi connectivity index (χ3n) is 6.42. The van der Waals surface area contributed by atoms with Crippen LogP contribution in [0.2, 0.25) is 0 Å². The van der Waals surface area contributed by atoms with Gasteiger partial charge < -0.3 is 19.7 Å². The Hall–Kier alpha value is -3.32. The van der Waals surface area contributed by atoms with Crippen LogP contribution in [0.15, 0.2) is 77.3 Å². The maximum absolute atomic E-state index is 13.8. The van der Waals surface area contributed by atoms with Gasteiger partial charge in [0.1, 0.15) is 17.5 Å². The van der Waals surface area contributed by atoms with Crippen molar-refractivity contribution < 1.29 is 19.1 Å². The summed E-state index contributed by atoms with van der Waals surface area (Å²) in [7, 11) is 1.61. The number of hydrogen-bond acceptors (Lipinski definition) is 4. The number of benzene rings is 3. The van der Waals surface area contributed by atoms with Crippen LogP contribution in [0.1, 0.15) is 50.3 Å². The predicted octanol–water partition coefficient (Wildman–Crippen LogP) is 6.37. The van der Waals surface area contributed by atoms with Gasteiger partial charge in [-0.3, -0.25) is 9.59 Å². The smallest absolute Gasteiger partial charge is 0.261 e. The Morgan fingerprint density at radius 3 is 2.28 bits per heavy atom. The fraction of sp³-hybridized carbons (Fsp3) is 0.375. The van der Waals surface area contributed by atoms with Gasteiger partial charge in [0.2, 0.25) is 5.91 Å². The average molecular weight is 596 g/mol. The fourth-order valence-corrected chi connectivity index (χ4v) is 4.67. The summed E-state index contributed by atoms with van der Waals surface area (Å²) in [6, 6.07) is 22.5. The van der Waals surface area contributed by atoms with E-state index in [1.54, 1.807) is 12.0 Å². The van der Waals surface area contributed by atoms with Gasteiger partial charge in [-0.05, 0) is 68.7 Å². The predicted molar refractivity (Wildman–Crippen MR) is 159 cm³/mol. The Bertz CT molecular complexity index is 1230.